The first-order chi connectivity index (χ1) is 9.28. The maximum Gasteiger partial charge on any atom is 0.319 e. The van der Waals surface area contributed by atoms with Gasteiger partial charge in [-0.25, -0.2) is 4.79 Å². The average Bonchev–Trinajstić information content (AvgIpc) is 2.46. The second-order valence-electron chi connectivity index (χ2n) is 4.82. The maximum absolute atomic E-state index is 11.8. The fourth-order valence-electron chi connectivity index (χ4n) is 2.16. The molecule has 1 atom stereocenters. The minimum absolute atomic E-state index is 0.181. The average molecular weight is 263 g/mol. The van der Waals surface area contributed by atoms with E-state index in [1.807, 2.05) is 24.3 Å². The van der Waals surface area contributed by atoms with Crippen LogP contribution in [0.4, 0.5) is 10.5 Å². The zero-order valence-electron chi connectivity index (χ0n) is 11.0. The van der Waals surface area contributed by atoms with E-state index in [9.17, 15) is 4.79 Å². The van der Waals surface area contributed by atoms with Gasteiger partial charge in [-0.2, -0.15) is 0 Å². The smallest absolute Gasteiger partial charge is 0.319 e. The van der Waals surface area contributed by atoms with E-state index in [0.717, 1.165) is 37.3 Å². The molecule has 1 unspecified atom stereocenters. The minimum atomic E-state index is -0.181. The summed E-state index contributed by atoms with van der Waals surface area (Å²) in [4.78, 5) is 11.8. The number of carbonyl (C=O) groups is 1. The van der Waals surface area contributed by atoms with E-state index in [-0.39, 0.29) is 6.03 Å². The van der Waals surface area contributed by atoms with Crippen molar-refractivity contribution in [2.45, 2.75) is 19.4 Å². The number of anilines is 1. The summed E-state index contributed by atoms with van der Waals surface area (Å²) < 4.78 is 5.38. The van der Waals surface area contributed by atoms with Crippen LogP contribution in [0.15, 0.2) is 24.3 Å². The summed E-state index contributed by atoms with van der Waals surface area (Å²) in [5.41, 5.74) is 7.33. The molecule has 104 valence electrons. The largest absolute Gasteiger partial charge is 0.381 e. The summed E-state index contributed by atoms with van der Waals surface area (Å²) in [6.07, 6.45) is 2.19. The van der Waals surface area contributed by atoms with Crippen LogP contribution < -0.4 is 16.4 Å². The van der Waals surface area contributed by atoms with E-state index in [4.69, 9.17) is 10.5 Å². The van der Waals surface area contributed by atoms with Crippen molar-refractivity contribution in [2.75, 3.05) is 25.1 Å². The highest BCUT2D eigenvalue weighted by Crippen LogP contribution is 2.13. The third kappa shape index (κ3) is 4.54. The predicted octanol–water partition coefficient (Wildman–Crippen LogP) is 1.69. The van der Waals surface area contributed by atoms with Crippen molar-refractivity contribution in [3.63, 3.8) is 0 Å². The third-order valence-corrected chi connectivity index (χ3v) is 3.23. The highest BCUT2D eigenvalue weighted by Gasteiger charge is 2.14. The molecule has 5 nitrogen and oxygen atoms in total. The number of rotatable bonds is 4. The van der Waals surface area contributed by atoms with Gasteiger partial charge in [0.25, 0.3) is 0 Å². The molecule has 1 fully saturated rings. The lowest BCUT2D eigenvalue weighted by atomic mass is 10.0. The number of nitrogens with two attached hydrogens (primary N) is 1. The number of hydrogen-bond donors (Lipinski definition) is 3. The molecule has 1 aliphatic rings. The predicted molar refractivity (Wildman–Crippen MR) is 74.9 cm³/mol. The molecule has 0 spiro atoms. The van der Waals surface area contributed by atoms with Gasteiger partial charge in [0.15, 0.2) is 0 Å². The van der Waals surface area contributed by atoms with Gasteiger partial charge in [-0.3, -0.25) is 0 Å². The SMILES string of the molecule is NCc1cccc(NC(=O)NCC2CCCOC2)c1. The van der Waals surface area contributed by atoms with Gasteiger partial charge >= 0.3 is 6.03 Å². The fourth-order valence-corrected chi connectivity index (χ4v) is 2.16. The van der Waals surface area contributed by atoms with Crippen LogP contribution in [-0.2, 0) is 11.3 Å². The van der Waals surface area contributed by atoms with Crippen LogP contribution in [0.2, 0.25) is 0 Å². The van der Waals surface area contributed by atoms with E-state index in [1.54, 1.807) is 0 Å². The molecule has 1 aromatic carbocycles. The second-order valence-corrected chi connectivity index (χ2v) is 4.82. The van der Waals surface area contributed by atoms with E-state index >= 15 is 0 Å². The Hall–Kier alpha value is -1.59. The van der Waals surface area contributed by atoms with Crippen molar-refractivity contribution in [2.24, 2.45) is 11.7 Å². The number of hydrogen-bond acceptors (Lipinski definition) is 3. The van der Waals surface area contributed by atoms with Crippen LogP contribution in [-0.4, -0.2) is 25.8 Å². The summed E-state index contributed by atoms with van der Waals surface area (Å²) in [5, 5.41) is 5.69. The number of ether oxygens (including phenoxy) is 1. The van der Waals surface area contributed by atoms with Crippen LogP contribution in [0, 0.1) is 5.92 Å². The van der Waals surface area contributed by atoms with Gasteiger partial charge in [0.1, 0.15) is 0 Å². The molecule has 4 N–H and O–H groups in total. The molecule has 0 aliphatic carbocycles. The third-order valence-electron chi connectivity index (χ3n) is 3.23. The molecule has 0 aromatic heterocycles. The first-order valence-electron chi connectivity index (χ1n) is 6.69. The summed E-state index contributed by atoms with van der Waals surface area (Å²) in [5.74, 6) is 0.426. The highest BCUT2D eigenvalue weighted by atomic mass is 16.5. The molecule has 19 heavy (non-hydrogen) atoms. The van der Waals surface area contributed by atoms with Gasteiger partial charge < -0.3 is 21.1 Å². The lowest BCUT2D eigenvalue weighted by Crippen LogP contribution is -2.35. The number of carbonyl (C=O) groups excluding carboxylic acids is 1. The van der Waals surface area contributed by atoms with Gasteiger partial charge in [-0.15, -0.1) is 0 Å². The zero-order chi connectivity index (χ0) is 13.5. The molecule has 5 heteroatoms. The Bertz CT molecular complexity index is 417. The standard InChI is InChI=1S/C14H21N3O2/c15-8-11-3-1-5-13(7-11)17-14(18)16-9-12-4-2-6-19-10-12/h1,3,5,7,12H,2,4,6,8-10,15H2,(H2,16,17,18). The molecule has 0 bridgehead atoms. The van der Waals surface area contributed by atoms with E-state index < -0.39 is 0 Å². The van der Waals surface area contributed by atoms with Gasteiger partial charge in [0.2, 0.25) is 0 Å². The highest BCUT2D eigenvalue weighted by molar-refractivity contribution is 5.89. The van der Waals surface area contributed by atoms with E-state index in [1.165, 1.54) is 0 Å². The van der Waals surface area contributed by atoms with Gasteiger partial charge in [0.05, 0.1) is 6.61 Å². The van der Waals surface area contributed by atoms with E-state index in [0.29, 0.717) is 19.0 Å². The van der Waals surface area contributed by atoms with Gasteiger partial charge in [0, 0.05) is 25.4 Å². The van der Waals surface area contributed by atoms with Crippen LogP contribution in [0.3, 0.4) is 0 Å². The second kappa shape index (κ2) is 7.11. The van der Waals surface area contributed by atoms with Crippen LogP contribution >= 0.6 is 0 Å². The van der Waals surface area contributed by atoms with Crippen LogP contribution in [0.25, 0.3) is 0 Å². The Labute approximate surface area is 113 Å². The molecule has 1 aliphatic heterocycles. The quantitative estimate of drug-likeness (QED) is 0.773. The minimum Gasteiger partial charge on any atom is -0.381 e. The molecule has 1 heterocycles. The molecule has 1 saturated heterocycles. The Morgan fingerprint density at radius 2 is 2.37 bits per heavy atom. The Morgan fingerprint density at radius 3 is 3.11 bits per heavy atom. The number of nitrogens with one attached hydrogen (secondary N) is 2. The van der Waals surface area contributed by atoms with Crippen molar-refractivity contribution in [3.05, 3.63) is 29.8 Å². The lowest BCUT2D eigenvalue weighted by molar-refractivity contribution is 0.0559. The number of amides is 2. The van der Waals surface area contributed by atoms with Gasteiger partial charge in [-0.1, -0.05) is 12.1 Å². The maximum atomic E-state index is 11.8. The van der Waals surface area contributed by atoms with Crippen molar-refractivity contribution < 1.29 is 9.53 Å². The molecule has 2 amide bonds. The molecular formula is C14H21N3O2. The van der Waals surface area contributed by atoms with Crippen molar-refractivity contribution in [3.8, 4) is 0 Å². The lowest BCUT2D eigenvalue weighted by Gasteiger charge is -2.22. The zero-order valence-corrected chi connectivity index (χ0v) is 11.0. The van der Waals surface area contributed by atoms with E-state index in [2.05, 4.69) is 10.6 Å². The fraction of sp³-hybridized carbons (Fsp3) is 0.500. The summed E-state index contributed by atoms with van der Waals surface area (Å²) in [6.45, 7) is 2.70. The Morgan fingerprint density at radius 1 is 1.47 bits per heavy atom. The first-order valence-corrected chi connectivity index (χ1v) is 6.69. The Kier molecular flexibility index (Phi) is 5.18. The topological polar surface area (TPSA) is 76.4 Å². The monoisotopic (exact) mass is 263 g/mol. The number of urea groups is 1. The van der Waals surface area contributed by atoms with Crippen LogP contribution in [0.1, 0.15) is 18.4 Å². The molecule has 2 rings (SSSR count). The normalized spacial score (nSPS) is 18.9. The molecule has 0 saturated carbocycles. The summed E-state index contributed by atoms with van der Waals surface area (Å²) in [7, 11) is 0. The number of benzene rings is 1. The first kappa shape index (κ1) is 13.8. The molecular weight excluding hydrogens is 242 g/mol. The molecule has 1 aromatic rings. The van der Waals surface area contributed by atoms with Crippen LogP contribution in [0.5, 0.6) is 0 Å². The Balaban J connectivity index is 1.76. The van der Waals surface area contributed by atoms with Crippen molar-refractivity contribution in [1.29, 1.82) is 0 Å². The van der Waals surface area contributed by atoms with Gasteiger partial charge in [-0.05, 0) is 36.5 Å². The molecule has 0 radical (unpaired) electrons. The summed E-state index contributed by atoms with van der Waals surface area (Å²) >= 11 is 0. The summed E-state index contributed by atoms with van der Waals surface area (Å²) in [6, 6.07) is 7.36. The van der Waals surface area contributed by atoms with Crippen molar-refractivity contribution in [1.82, 2.24) is 5.32 Å². The van der Waals surface area contributed by atoms with Crippen molar-refractivity contribution >= 4 is 11.7 Å².